The van der Waals surface area contributed by atoms with E-state index in [0.717, 1.165) is 18.3 Å². The number of hydrogen-bond acceptors (Lipinski definition) is 5. The Kier molecular flexibility index (Phi) is 5.12. The van der Waals surface area contributed by atoms with Gasteiger partial charge in [-0.15, -0.1) is 0 Å². The molecule has 5 aromatic rings. The van der Waals surface area contributed by atoms with Gasteiger partial charge in [-0.3, -0.25) is 14.5 Å². The molecule has 0 unspecified atom stereocenters. The van der Waals surface area contributed by atoms with E-state index in [1.807, 2.05) is 0 Å². The first-order valence-corrected chi connectivity index (χ1v) is 11.5. The average molecular weight is 487 g/mol. The summed E-state index contributed by atoms with van der Waals surface area (Å²) in [6.45, 7) is 2.20. The Hall–Kier alpha value is -4.13. The number of rotatable bonds is 6. The van der Waals surface area contributed by atoms with Crippen LogP contribution in [0.2, 0.25) is 0 Å². The molecule has 0 atom stereocenters. The minimum Gasteiger partial charge on any atom is -0.343 e. The van der Waals surface area contributed by atoms with E-state index in [1.54, 1.807) is 13.1 Å². The third kappa shape index (κ3) is 3.50. The van der Waals surface area contributed by atoms with E-state index in [9.17, 15) is 12.8 Å². The van der Waals surface area contributed by atoms with Crippen LogP contribution >= 0.6 is 0 Å². The van der Waals surface area contributed by atoms with E-state index in [-0.39, 0.29) is 10.4 Å². The molecule has 5 rings (SSSR count). The molecular weight excluding hydrogens is 471 g/mol. The summed E-state index contributed by atoms with van der Waals surface area (Å²) in [5, 5.41) is 10.8. The molecule has 9 nitrogen and oxygen atoms in total. The molecule has 13 heteroatoms. The second-order valence-electron chi connectivity index (χ2n) is 7.28. The molecule has 34 heavy (non-hydrogen) atoms. The van der Waals surface area contributed by atoms with Crippen LogP contribution in [0.25, 0.3) is 33.5 Å². The number of aryl methyl sites for hydroxylation is 1. The molecule has 0 spiro atoms. The number of anilines is 1. The highest BCUT2D eigenvalue weighted by molar-refractivity contribution is 7.92. The maximum Gasteiger partial charge on any atom is 0.265 e. The number of halogens is 3. The lowest BCUT2D eigenvalue weighted by molar-refractivity contribution is 0.583. The van der Waals surface area contributed by atoms with Crippen LogP contribution < -0.4 is 4.72 Å². The maximum atomic E-state index is 15.4. The van der Waals surface area contributed by atoms with Gasteiger partial charge in [0, 0.05) is 36.1 Å². The summed E-state index contributed by atoms with van der Waals surface area (Å²) < 4.78 is 74.2. The molecule has 3 N–H and O–H groups in total. The van der Waals surface area contributed by atoms with E-state index < -0.39 is 44.3 Å². The number of nitrogens with zero attached hydrogens (tertiary/aromatic N) is 4. The molecule has 0 aliphatic rings. The number of hydrogen-bond donors (Lipinski definition) is 3. The molecule has 0 radical (unpaired) electrons. The summed E-state index contributed by atoms with van der Waals surface area (Å²) in [7, 11) is -4.22. The fourth-order valence-electron chi connectivity index (χ4n) is 3.56. The van der Waals surface area contributed by atoms with Crippen LogP contribution in [0.5, 0.6) is 0 Å². The first-order chi connectivity index (χ1) is 16.3. The Morgan fingerprint density at radius 3 is 2.65 bits per heavy atom. The van der Waals surface area contributed by atoms with Crippen molar-refractivity contribution in [2.45, 2.75) is 18.4 Å². The monoisotopic (exact) mass is 487 g/mol. The van der Waals surface area contributed by atoms with Crippen molar-refractivity contribution >= 4 is 26.6 Å². The Bertz CT molecular complexity index is 1630. The number of nitrogens with one attached hydrogen (secondary N) is 3. The van der Waals surface area contributed by atoms with Gasteiger partial charge >= 0.3 is 0 Å². The number of H-pyrrole nitrogens is 2. The number of fused-ring (bicyclic) bond motifs is 1. The molecule has 174 valence electrons. The third-order valence-electron chi connectivity index (χ3n) is 5.25. The minimum absolute atomic E-state index is 0.0827. The molecule has 0 aliphatic carbocycles. The zero-order chi connectivity index (χ0) is 24.0. The van der Waals surface area contributed by atoms with Gasteiger partial charge in [-0.2, -0.15) is 10.2 Å². The molecular formula is C21H16F3N7O2S. The number of benzene rings is 2. The van der Waals surface area contributed by atoms with E-state index in [2.05, 4.69) is 30.0 Å². The summed E-state index contributed by atoms with van der Waals surface area (Å²) in [5.74, 6) is -2.90. The summed E-state index contributed by atoms with van der Waals surface area (Å²) in [5.41, 5.74) is -1.42. The van der Waals surface area contributed by atoms with Gasteiger partial charge in [0.1, 0.15) is 21.9 Å². The predicted octanol–water partition coefficient (Wildman–Crippen LogP) is 4.05. The van der Waals surface area contributed by atoms with Crippen molar-refractivity contribution in [1.82, 2.24) is 29.9 Å². The number of aromatic amines is 2. The average Bonchev–Trinajstić information content (AvgIpc) is 3.57. The van der Waals surface area contributed by atoms with E-state index in [4.69, 9.17) is 0 Å². The summed E-state index contributed by atoms with van der Waals surface area (Å²) in [6, 6.07) is 4.43. The predicted molar refractivity (Wildman–Crippen MR) is 118 cm³/mol. The van der Waals surface area contributed by atoms with Crippen molar-refractivity contribution in [3.8, 4) is 22.6 Å². The third-order valence-corrected chi connectivity index (χ3v) is 6.57. The van der Waals surface area contributed by atoms with Gasteiger partial charge in [-0.25, -0.2) is 26.6 Å². The van der Waals surface area contributed by atoms with Crippen molar-refractivity contribution < 1.29 is 21.6 Å². The minimum atomic E-state index is -4.22. The lowest BCUT2D eigenvalue weighted by Crippen LogP contribution is -2.14. The smallest absolute Gasteiger partial charge is 0.265 e. The van der Waals surface area contributed by atoms with Crippen molar-refractivity contribution in [3.63, 3.8) is 0 Å². The van der Waals surface area contributed by atoms with Gasteiger partial charge in [0.2, 0.25) is 0 Å². The molecule has 0 amide bonds. The number of imidazole rings is 1. The Balaban J connectivity index is 1.58. The van der Waals surface area contributed by atoms with Gasteiger partial charge in [-0.05, 0) is 25.1 Å². The molecule has 0 bridgehead atoms. The van der Waals surface area contributed by atoms with E-state index in [1.165, 1.54) is 29.2 Å². The van der Waals surface area contributed by atoms with Gasteiger partial charge in [0.15, 0.2) is 17.5 Å². The topological polar surface area (TPSA) is 121 Å². The van der Waals surface area contributed by atoms with Gasteiger partial charge < -0.3 is 4.98 Å². The summed E-state index contributed by atoms with van der Waals surface area (Å²) >= 11 is 0. The Labute approximate surface area is 190 Å². The van der Waals surface area contributed by atoms with Gasteiger partial charge in [0.25, 0.3) is 10.0 Å². The van der Waals surface area contributed by atoms with Crippen molar-refractivity contribution in [3.05, 3.63) is 66.5 Å². The van der Waals surface area contributed by atoms with Crippen LogP contribution in [-0.4, -0.2) is 38.4 Å². The summed E-state index contributed by atoms with van der Waals surface area (Å²) in [4.78, 5) is 6.73. The highest BCUT2D eigenvalue weighted by atomic mass is 32.2. The van der Waals surface area contributed by atoms with Crippen molar-refractivity contribution in [1.29, 1.82) is 0 Å². The summed E-state index contributed by atoms with van der Waals surface area (Å²) in [6.07, 6.45) is 5.46. The lowest BCUT2D eigenvalue weighted by Gasteiger charge is -2.13. The van der Waals surface area contributed by atoms with Crippen LogP contribution in [0.15, 0.2) is 53.9 Å². The van der Waals surface area contributed by atoms with Crippen LogP contribution in [0.4, 0.5) is 18.9 Å². The fourth-order valence-corrected chi connectivity index (χ4v) is 4.57. The molecule has 0 saturated heterocycles. The number of sulfonamides is 1. The SMILES string of the molecule is CCn1cc(S(=O)(=O)Nc2ccc(F)c(-c3ccc4c(-c5ncc[nH]5)n[nH]c4c3F)c2F)cn1. The highest BCUT2D eigenvalue weighted by Gasteiger charge is 2.25. The van der Waals surface area contributed by atoms with Crippen LogP contribution in [0.1, 0.15) is 6.92 Å². The van der Waals surface area contributed by atoms with E-state index in [0.29, 0.717) is 23.4 Å². The quantitative estimate of drug-likeness (QED) is 0.334. The zero-order valence-corrected chi connectivity index (χ0v) is 18.3. The highest BCUT2D eigenvalue weighted by Crippen LogP contribution is 2.36. The normalized spacial score (nSPS) is 11.9. The van der Waals surface area contributed by atoms with Crippen LogP contribution in [-0.2, 0) is 16.6 Å². The van der Waals surface area contributed by atoms with Crippen molar-refractivity contribution in [2.75, 3.05) is 4.72 Å². The van der Waals surface area contributed by atoms with E-state index >= 15 is 8.78 Å². The Morgan fingerprint density at radius 1 is 1.12 bits per heavy atom. The molecule has 3 aromatic heterocycles. The zero-order valence-electron chi connectivity index (χ0n) is 17.5. The molecule has 0 aliphatic heterocycles. The standard InChI is InChI=1S/C21H16F3N7O2S/c1-2-31-10-11(9-27-31)34(32,33)30-15-6-5-14(22)16(18(15)24)12-3-4-13-19(17(12)23)28-29-20(13)21-25-7-8-26-21/h3-10,30H,2H2,1H3,(H,25,26)(H,28,29). The first kappa shape index (κ1) is 21.7. The fraction of sp³-hybridized carbons (Fsp3) is 0.0952. The van der Waals surface area contributed by atoms with Gasteiger partial charge in [0.05, 0.1) is 17.4 Å². The van der Waals surface area contributed by atoms with Crippen LogP contribution in [0.3, 0.4) is 0 Å². The molecule has 0 saturated carbocycles. The second-order valence-corrected chi connectivity index (χ2v) is 8.96. The largest absolute Gasteiger partial charge is 0.343 e. The number of aromatic nitrogens is 6. The van der Waals surface area contributed by atoms with Crippen LogP contribution in [0, 0.1) is 17.5 Å². The molecule has 3 heterocycles. The van der Waals surface area contributed by atoms with Gasteiger partial charge in [-0.1, -0.05) is 6.07 Å². The second kappa shape index (κ2) is 8.02. The first-order valence-electron chi connectivity index (χ1n) is 10.00. The molecule has 2 aromatic carbocycles. The maximum absolute atomic E-state index is 15.4. The lowest BCUT2D eigenvalue weighted by atomic mass is 10.0. The Morgan fingerprint density at radius 2 is 1.94 bits per heavy atom. The van der Waals surface area contributed by atoms with Crippen molar-refractivity contribution in [2.24, 2.45) is 0 Å². The molecule has 0 fully saturated rings.